The number of benzene rings is 1. The molecular formula is C14H13FN2O. The zero-order valence-electron chi connectivity index (χ0n) is 9.97. The fourth-order valence-corrected chi connectivity index (χ4v) is 1.70. The van der Waals surface area contributed by atoms with Gasteiger partial charge in [-0.05, 0) is 17.7 Å². The minimum atomic E-state index is -0.506. The van der Waals surface area contributed by atoms with Crippen molar-refractivity contribution in [3.8, 4) is 17.1 Å². The average Bonchev–Trinajstić information content (AvgIpc) is 2.39. The molecule has 0 aliphatic carbocycles. The van der Waals surface area contributed by atoms with Gasteiger partial charge in [0, 0.05) is 18.3 Å². The van der Waals surface area contributed by atoms with Gasteiger partial charge in [0.05, 0.1) is 5.56 Å². The summed E-state index contributed by atoms with van der Waals surface area (Å²) in [6.45, 7) is 5.47. The van der Waals surface area contributed by atoms with Crippen LogP contribution >= 0.6 is 0 Å². The van der Waals surface area contributed by atoms with Crippen LogP contribution in [0, 0.1) is 5.82 Å². The van der Waals surface area contributed by atoms with Crippen molar-refractivity contribution in [2.75, 3.05) is 0 Å². The number of phenolic OH excluding ortho intramolecular Hbond substituents is 1. The Morgan fingerprint density at radius 1 is 1.33 bits per heavy atom. The van der Waals surface area contributed by atoms with Crippen LogP contribution in [0.4, 0.5) is 4.39 Å². The second kappa shape index (κ2) is 4.96. The van der Waals surface area contributed by atoms with Gasteiger partial charge in [-0.25, -0.2) is 14.4 Å². The first-order chi connectivity index (χ1) is 8.65. The molecule has 0 radical (unpaired) electrons. The van der Waals surface area contributed by atoms with Crippen LogP contribution in [0.3, 0.4) is 0 Å². The van der Waals surface area contributed by atoms with Gasteiger partial charge in [-0.3, -0.25) is 0 Å². The van der Waals surface area contributed by atoms with Crippen LogP contribution in [0.15, 0.2) is 43.2 Å². The first-order valence-corrected chi connectivity index (χ1v) is 5.56. The number of hydrogen-bond donors (Lipinski definition) is 1. The lowest BCUT2D eigenvalue weighted by Gasteiger charge is -2.12. The van der Waals surface area contributed by atoms with Crippen molar-refractivity contribution in [1.82, 2.24) is 9.97 Å². The summed E-state index contributed by atoms with van der Waals surface area (Å²) in [5, 5.41) is 9.78. The molecule has 4 heteroatoms. The quantitative estimate of drug-likeness (QED) is 0.843. The maximum absolute atomic E-state index is 14.4. The normalized spacial score (nSPS) is 12.1. The molecular weight excluding hydrogens is 231 g/mol. The van der Waals surface area contributed by atoms with Crippen molar-refractivity contribution in [2.24, 2.45) is 0 Å². The molecule has 0 saturated heterocycles. The minimum absolute atomic E-state index is 0.0294. The summed E-state index contributed by atoms with van der Waals surface area (Å²) in [5.41, 5.74) is 0.493. The molecule has 0 spiro atoms. The molecule has 2 aromatic rings. The monoisotopic (exact) mass is 244 g/mol. The van der Waals surface area contributed by atoms with E-state index in [1.807, 2.05) is 6.92 Å². The summed E-state index contributed by atoms with van der Waals surface area (Å²) in [5.74, 6) is -0.647. The first-order valence-electron chi connectivity index (χ1n) is 5.56. The lowest BCUT2D eigenvalue weighted by Crippen LogP contribution is -1.99. The van der Waals surface area contributed by atoms with Crippen LogP contribution in [0.25, 0.3) is 11.4 Å². The van der Waals surface area contributed by atoms with Gasteiger partial charge in [-0.15, -0.1) is 6.58 Å². The summed E-state index contributed by atoms with van der Waals surface area (Å²) >= 11 is 0. The molecule has 1 aromatic heterocycles. The highest BCUT2D eigenvalue weighted by atomic mass is 19.1. The third kappa shape index (κ3) is 2.09. The number of aromatic hydroxyl groups is 1. The maximum Gasteiger partial charge on any atom is 0.165 e. The molecule has 2 rings (SSSR count). The lowest BCUT2D eigenvalue weighted by molar-refractivity contribution is 0.470. The SMILES string of the molecule is C=CC(C)c1ccc(O)c(-c2ncccn2)c1F. The van der Waals surface area contributed by atoms with E-state index in [9.17, 15) is 9.50 Å². The molecule has 0 saturated carbocycles. The van der Waals surface area contributed by atoms with Crippen LogP contribution in [0.5, 0.6) is 5.75 Å². The predicted molar refractivity (Wildman–Crippen MR) is 67.7 cm³/mol. The van der Waals surface area contributed by atoms with Crippen LogP contribution < -0.4 is 0 Å². The number of nitrogens with zero attached hydrogens (tertiary/aromatic N) is 2. The van der Waals surface area contributed by atoms with Gasteiger partial charge >= 0.3 is 0 Å². The molecule has 18 heavy (non-hydrogen) atoms. The Balaban J connectivity index is 2.64. The highest BCUT2D eigenvalue weighted by molar-refractivity contribution is 5.65. The molecule has 0 aliphatic heterocycles. The number of hydrogen-bond acceptors (Lipinski definition) is 3. The Kier molecular flexibility index (Phi) is 3.37. The Morgan fingerprint density at radius 2 is 2.00 bits per heavy atom. The highest BCUT2D eigenvalue weighted by Gasteiger charge is 2.18. The van der Waals surface area contributed by atoms with E-state index in [0.717, 1.165) is 0 Å². The van der Waals surface area contributed by atoms with E-state index in [0.29, 0.717) is 5.56 Å². The lowest BCUT2D eigenvalue weighted by atomic mass is 9.97. The van der Waals surface area contributed by atoms with E-state index in [2.05, 4.69) is 16.5 Å². The van der Waals surface area contributed by atoms with E-state index in [1.54, 1.807) is 18.2 Å². The molecule has 0 aliphatic rings. The Hall–Kier alpha value is -2.23. The summed E-state index contributed by atoms with van der Waals surface area (Å²) in [4.78, 5) is 7.92. The van der Waals surface area contributed by atoms with Gasteiger partial charge < -0.3 is 5.11 Å². The third-order valence-corrected chi connectivity index (χ3v) is 2.78. The molecule has 1 heterocycles. The minimum Gasteiger partial charge on any atom is -0.507 e. The van der Waals surface area contributed by atoms with Gasteiger partial charge in [0.25, 0.3) is 0 Å². The van der Waals surface area contributed by atoms with Gasteiger partial charge in [-0.2, -0.15) is 0 Å². The molecule has 0 fully saturated rings. The number of halogens is 1. The predicted octanol–water partition coefficient (Wildman–Crippen LogP) is 3.28. The Labute approximate surface area is 105 Å². The molecule has 1 N–H and O–H groups in total. The molecule has 3 nitrogen and oxygen atoms in total. The van der Waals surface area contributed by atoms with Crippen molar-refractivity contribution < 1.29 is 9.50 Å². The maximum atomic E-state index is 14.4. The van der Waals surface area contributed by atoms with E-state index < -0.39 is 5.82 Å². The summed E-state index contributed by atoms with van der Waals surface area (Å²) in [7, 11) is 0. The van der Waals surface area contributed by atoms with E-state index in [4.69, 9.17) is 0 Å². The number of rotatable bonds is 3. The van der Waals surface area contributed by atoms with Gasteiger partial charge in [-0.1, -0.05) is 19.1 Å². The standard InChI is InChI=1S/C14H13FN2O/c1-3-9(2)10-5-6-11(18)12(13(10)15)14-16-7-4-8-17-14/h3-9,18H,1H2,2H3. The fraction of sp³-hybridized carbons (Fsp3) is 0.143. The number of aromatic nitrogens is 2. The molecule has 1 atom stereocenters. The van der Waals surface area contributed by atoms with Crippen LogP contribution in [-0.2, 0) is 0 Å². The van der Waals surface area contributed by atoms with Gasteiger partial charge in [0.15, 0.2) is 5.82 Å². The van der Waals surface area contributed by atoms with Crippen LogP contribution in [-0.4, -0.2) is 15.1 Å². The van der Waals surface area contributed by atoms with Crippen molar-refractivity contribution in [2.45, 2.75) is 12.8 Å². The largest absolute Gasteiger partial charge is 0.507 e. The third-order valence-electron chi connectivity index (χ3n) is 2.78. The Bertz CT molecular complexity index is 570. The second-order valence-corrected chi connectivity index (χ2v) is 3.96. The zero-order valence-corrected chi connectivity index (χ0v) is 9.97. The highest BCUT2D eigenvalue weighted by Crippen LogP contribution is 2.34. The van der Waals surface area contributed by atoms with E-state index >= 15 is 0 Å². The van der Waals surface area contributed by atoms with Crippen LogP contribution in [0.2, 0.25) is 0 Å². The summed E-state index contributed by atoms with van der Waals surface area (Å²) in [6.07, 6.45) is 4.65. The molecule has 1 unspecified atom stereocenters. The van der Waals surface area contributed by atoms with E-state index in [1.165, 1.54) is 18.5 Å². The molecule has 0 amide bonds. The Morgan fingerprint density at radius 3 is 2.61 bits per heavy atom. The number of allylic oxidation sites excluding steroid dienone is 1. The molecule has 0 bridgehead atoms. The van der Waals surface area contributed by atoms with Crippen molar-refractivity contribution in [3.63, 3.8) is 0 Å². The van der Waals surface area contributed by atoms with Crippen molar-refractivity contribution in [1.29, 1.82) is 0 Å². The van der Waals surface area contributed by atoms with Gasteiger partial charge in [0.2, 0.25) is 0 Å². The smallest absolute Gasteiger partial charge is 0.165 e. The van der Waals surface area contributed by atoms with E-state index in [-0.39, 0.29) is 23.1 Å². The number of phenols is 1. The molecule has 92 valence electrons. The van der Waals surface area contributed by atoms with Crippen LogP contribution in [0.1, 0.15) is 18.4 Å². The fourth-order valence-electron chi connectivity index (χ4n) is 1.70. The van der Waals surface area contributed by atoms with Gasteiger partial charge in [0.1, 0.15) is 11.6 Å². The average molecular weight is 244 g/mol. The topological polar surface area (TPSA) is 46.0 Å². The van der Waals surface area contributed by atoms with Crippen molar-refractivity contribution in [3.05, 3.63) is 54.6 Å². The second-order valence-electron chi connectivity index (χ2n) is 3.96. The summed E-state index contributed by atoms with van der Waals surface area (Å²) in [6, 6.07) is 4.63. The zero-order chi connectivity index (χ0) is 13.1. The first kappa shape index (κ1) is 12.2. The van der Waals surface area contributed by atoms with Crippen molar-refractivity contribution >= 4 is 0 Å². The molecule has 1 aromatic carbocycles. The summed E-state index contributed by atoms with van der Waals surface area (Å²) < 4.78 is 14.4.